The Hall–Kier alpha value is -1.03. The van der Waals surface area contributed by atoms with Gasteiger partial charge >= 0.3 is 5.76 Å². The van der Waals surface area contributed by atoms with Crippen LogP contribution in [0, 0.1) is 0 Å². The minimum absolute atomic E-state index is 0.325. The van der Waals surface area contributed by atoms with Crippen LogP contribution >= 0.6 is 0 Å². The van der Waals surface area contributed by atoms with Crippen molar-refractivity contribution in [3.63, 3.8) is 0 Å². The molecule has 1 atom stereocenters. The van der Waals surface area contributed by atoms with Crippen molar-refractivity contribution in [3.8, 4) is 0 Å². The van der Waals surface area contributed by atoms with Gasteiger partial charge in [-0.3, -0.25) is 4.98 Å². The van der Waals surface area contributed by atoms with Crippen LogP contribution in [0.4, 0.5) is 0 Å². The molecule has 13 heavy (non-hydrogen) atoms. The van der Waals surface area contributed by atoms with Crippen molar-refractivity contribution in [3.05, 3.63) is 22.0 Å². The summed E-state index contributed by atoms with van der Waals surface area (Å²) < 4.78 is 5.10. The lowest BCUT2D eigenvalue weighted by Crippen LogP contribution is -2.12. The number of oxazole rings is 1. The maximum atomic E-state index is 11.0. The van der Waals surface area contributed by atoms with Crippen molar-refractivity contribution in [1.29, 1.82) is 0 Å². The summed E-state index contributed by atoms with van der Waals surface area (Å²) in [4.78, 5) is 13.7. The molecule has 1 aromatic heterocycles. The first-order chi connectivity index (χ1) is 6.31. The maximum Gasteiger partial charge on any atom is 0.416 e. The van der Waals surface area contributed by atoms with Crippen molar-refractivity contribution in [2.24, 2.45) is 5.73 Å². The Bertz CT molecular complexity index is 340. The van der Waals surface area contributed by atoms with Gasteiger partial charge in [-0.15, -0.1) is 0 Å². The summed E-state index contributed by atoms with van der Waals surface area (Å²) in [6.45, 7) is 0.652. The third-order valence-corrected chi connectivity index (χ3v) is 2.62. The van der Waals surface area contributed by atoms with E-state index in [1.54, 1.807) is 0 Å². The minimum Gasteiger partial charge on any atom is -0.412 e. The van der Waals surface area contributed by atoms with Gasteiger partial charge in [0.1, 0.15) is 5.76 Å². The molecular formula is C9H14N2O2. The number of aryl methyl sites for hydroxylation is 1. The van der Waals surface area contributed by atoms with Gasteiger partial charge in [0.2, 0.25) is 0 Å². The number of rotatable bonds is 2. The van der Waals surface area contributed by atoms with Gasteiger partial charge in [-0.05, 0) is 32.2 Å². The SMILES string of the molecule is NCCC1CCCc2[nH]c(=O)oc21. The molecular weight excluding hydrogens is 168 g/mol. The van der Waals surface area contributed by atoms with Crippen LogP contribution in [0.3, 0.4) is 0 Å². The fourth-order valence-electron chi connectivity index (χ4n) is 2.02. The molecule has 3 N–H and O–H groups in total. The number of aromatic amines is 1. The molecule has 1 aliphatic carbocycles. The van der Waals surface area contributed by atoms with E-state index < -0.39 is 0 Å². The molecule has 0 saturated heterocycles. The highest BCUT2D eigenvalue weighted by Gasteiger charge is 2.24. The van der Waals surface area contributed by atoms with E-state index in [1.165, 1.54) is 0 Å². The molecule has 0 aromatic carbocycles. The van der Waals surface area contributed by atoms with Crippen LogP contribution in [0.5, 0.6) is 0 Å². The Morgan fingerprint density at radius 2 is 2.46 bits per heavy atom. The van der Waals surface area contributed by atoms with E-state index in [9.17, 15) is 4.79 Å². The van der Waals surface area contributed by atoms with Gasteiger partial charge in [0.05, 0.1) is 5.69 Å². The number of H-pyrrole nitrogens is 1. The lowest BCUT2D eigenvalue weighted by Gasteiger charge is -2.18. The topological polar surface area (TPSA) is 72.0 Å². The molecule has 0 fully saturated rings. The summed E-state index contributed by atoms with van der Waals surface area (Å²) in [6, 6.07) is 0. The predicted molar refractivity (Wildman–Crippen MR) is 48.7 cm³/mol. The molecule has 4 nitrogen and oxygen atoms in total. The van der Waals surface area contributed by atoms with E-state index in [2.05, 4.69) is 4.98 Å². The molecule has 4 heteroatoms. The molecule has 72 valence electrons. The molecule has 1 heterocycles. The van der Waals surface area contributed by atoms with E-state index in [-0.39, 0.29) is 5.76 Å². The average Bonchev–Trinajstić information content (AvgIpc) is 2.47. The van der Waals surface area contributed by atoms with Gasteiger partial charge < -0.3 is 10.2 Å². The standard InChI is InChI=1S/C9H14N2O2/c10-5-4-6-2-1-3-7-8(6)13-9(12)11-7/h6H,1-5,10H2,(H,11,12). The van der Waals surface area contributed by atoms with Gasteiger partial charge in [0.15, 0.2) is 0 Å². The lowest BCUT2D eigenvalue weighted by molar-refractivity contribution is 0.389. The van der Waals surface area contributed by atoms with Crippen LogP contribution in [0.1, 0.15) is 36.6 Å². The number of hydrogen-bond acceptors (Lipinski definition) is 3. The second-order valence-corrected chi connectivity index (χ2v) is 3.52. The third kappa shape index (κ3) is 1.54. The number of nitrogens with one attached hydrogen (secondary N) is 1. The Morgan fingerprint density at radius 3 is 3.23 bits per heavy atom. The number of nitrogens with two attached hydrogens (primary N) is 1. The highest BCUT2D eigenvalue weighted by atomic mass is 16.4. The van der Waals surface area contributed by atoms with Crippen LogP contribution in [0.2, 0.25) is 0 Å². The molecule has 1 unspecified atom stereocenters. The molecule has 1 aliphatic rings. The molecule has 1 aromatic rings. The monoisotopic (exact) mass is 182 g/mol. The second kappa shape index (κ2) is 3.38. The van der Waals surface area contributed by atoms with Crippen molar-refractivity contribution >= 4 is 0 Å². The zero-order chi connectivity index (χ0) is 9.26. The summed E-state index contributed by atoms with van der Waals surface area (Å²) >= 11 is 0. The van der Waals surface area contributed by atoms with E-state index in [0.29, 0.717) is 12.5 Å². The second-order valence-electron chi connectivity index (χ2n) is 3.52. The molecule has 2 rings (SSSR count). The lowest BCUT2D eigenvalue weighted by atomic mass is 9.88. The molecule has 0 saturated carbocycles. The van der Waals surface area contributed by atoms with E-state index in [0.717, 1.165) is 37.1 Å². The van der Waals surface area contributed by atoms with Gasteiger partial charge in [-0.1, -0.05) is 0 Å². The molecule has 0 radical (unpaired) electrons. The number of aromatic nitrogens is 1. The number of fused-ring (bicyclic) bond motifs is 1. The Balaban J connectivity index is 2.30. The average molecular weight is 182 g/mol. The summed E-state index contributed by atoms with van der Waals surface area (Å²) in [5, 5.41) is 0. The molecule has 0 bridgehead atoms. The van der Waals surface area contributed by atoms with Gasteiger partial charge in [0.25, 0.3) is 0 Å². The first kappa shape index (κ1) is 8.56. The fourth-order valence-corrected chi connectivity index (χ4v) is 2.02. The summed E-state index contributed by atoms with van der Waals surface area (Å²) in [5.41, 5.74) is 6.47. The minimum atomic E-state index is -0.325. The largest absolute Gasteiger partial charge is 0.416 e. The Labute approximate surface area is 76.1 Å². The zero-order valence-electron chi connectivity index (χ0n) is 7.51. The fraction of sp³-hybridized carbons (Fsp3) is 0.667. The van der Waals surface area contributed by atoms with Crippen molar-refractivity contribution < 1.29 is 4.42 Å². The van der Waals surface area contributed by atoms with Crippen molar-refractivity contribution in [2.45, 2.75) is 31.6 Å². The van der Waals surface area contributed by atoms with Gasteiger partial charge in [-0.25, -0.2) is 4.79 Å². The van der Waals surface area contributed by atoms with Crippen LogP contribution in [-0.4, -0.2) is 11.5 Å². The maximum absolute atomic E-state index is 11.0. The molecule has 0 spiro atoms. The first-order valence-electron chi connectivity index (χ1n) is 4.73. The van der Waals surface area contributed by atoms with Crippen molar-refractivity contribution in [2.75, 3.05) is 6.54 Å². The first-order valence-corrected chi connectivity index (χ1v) is 4.73. The van der Waals surface area contributed by atoms with Crippen molar-refractivity contribution in [1.82, 2.24) is 4.98 Å². The third-order valence-electron chi connectivity index (χ3n) is 2.62. The smallest absolute Gasteiger partial charge is 0.412 e. The highest BCUT2D eigenvalue weighted by Crippen LogP contribution is 2.31. The highest BCUT2D eigenvalue weighted by molar-refractivity contribution is 5.16. The quantitative estimate of drug-likeness (QED) is 0.708. The Kier molecular flexibility index (Phi) is 2.22. The van der Waals surface area contributed by atoms with Crippen LogP contribution in [0.25, 0.3) is 0 Å². The van der Waals surface area contributed by atoms with Crippen LogP contribution in [-0.2, 0) is 6.42 Å². The summed E-state index contributed by atoms with van der Waals surface area (Å²) in [5.74, 6) is 0.878. The van der Waals surface area contributed by atoms with Gasteiger partial charge in [-0.2, -0.15) is 0 Å². The zero-order valence-corrected chi connectivity index (χ0v) is 7.51. The van der Waals surface area contributed by atoms with Crippen LogP contribution in [0.15, 0.2) is 9.21 Å². The summed E-state index contributed by atoms with van der Waals surface area (Å²) in [7, 11) is 0. The van der Waals surface area contributed by atoms with E-state index in [1.807, 2.05) is 0 Å². The molecule has 0 amide bonds. The normalized spacial score (nSPS) is 21.5. The van der Waals surface area contributed by atoms with E-state index in [4.69, 9.17) is 10.2 Å². The van der Waals surface area contributed by atoms with Gasteiger partial charge in [0, 0.05) is 5.92 Å². The predicted octanol–water partition coefficient (Wildman–Crippen LogP) is 0.737. The van der Waals surface area contributed by atoms with Crippen LogP contribution < -0.4 is 11.5 Å². The van der Waals surface area contributed by atoms with E-state index >= 15 is 0 Å². The molecule has 0 aliphatic heterocycles. The Morgan fingerprint density at radius 1 is 1.62 bits per heavy atom. The summed E-state index contributed by atoms with van der Waals surface area (Å²) in [6.07, 6.45) is 4.05. The number of hydrogen-bond donors (Lipinski definition) is 2.